The lowest BCUT2D eigenvalue weighted by atomic mass is 9.94. The van der Waals surface area contributed by atoms with Gasteiger partial charge in [-0.1, -0.05) is 31.5 Å². The summed E-state index contributed by atoms with van der Waals surface area (Å²) in [5.74, 6) is 0.291. The molecular weight excluding hydrogens is 462 g/mol. The number of rotatable bonds is 12. The van der Waals surface area contributed by atoms with Crippen molar-refractivity contribution in [1.82, 2.24) is 15.5 Å². The fraction of sp³-hybridized carbons (Fsp3) is 0.667. The van der Waals surface area contributed by atoms with E-state index in [1.807, 2.05) is 38.3 Å². The smallest absolute Gasteiger partial charge is 0.408 e. The number of amides is 3. The summed E-state index contributed by atoms with van der Waals surface area (Å²) in [6.45, 7) is 12.0. The van der Waals surface area contributed by atoms with E-state index in [0.29, 0.717) is 18.7 Å². The molecule has 1 aromatic carbocycles. The summed E-state index contributed by atoms with van der Waals surface area (Å²) in [6, 6.07) is 4.34. The van der Waals surface area contributed by atoms with E-state index in [0.717, 1.165) is 42.4 Å². The van der Waals surface area contributed by atoms with Crippen LogP contribution in [0.3, 0.4) is 0 Å². The standard InChI is InChI=1S/C27H43N3O4S/c1-8-9-16-28-24(31)23(21-12-10-11-18(2)19(21)3)30(20-13-14-20)25(32)22(15-17-35-7)29-26(33)34-27(4,5)6/h10-12,20,22-23H,8-9,13-17H2,1-7H3,(H,28,31)(H,29,33). The number of nitrogens with one attached hydrogen (secondary N) is 2. The van der Waals surface area contributed by atoms with Crippen LogP contribution in [0.1, 0.15) is 82.5 Å². The zero-order valence-electron chi connectivity index (χ0n) is 22.4. The van der Waals surface area contributed by atoms with Crippen LogP contribution in [0.4, 0.5) is 4.79 Å². The van der Waals surface area contributed by atoms with Crippen molar-refractivity contribution in [3.8, 4) is 0 Å². The Morgan fingerprint density at radius 1 is 1.20 bits per heavy atom. The first kappa shape index (κ1) is 29.0. The first-order valence-corrected chi connectivity index (χ1v) is 14.0. The van der Waals surface area contributed by atoms with Gasteiger partial charge in [0.2, 0.25) is 11.8 Å². The van der Waals surface area contributed by atoms with Crippen molar-refractivity contribution in [2.45, 2.75) is 97.4 Å². The van der Waals surface area contributed by atoms with Crippen molar-refractivity contribution in [2.75, 3.05) is 18.6 Å². The lowest BCUT2D eigenvalue weighted by Gasteiger charge is -2.35. The lowest BCUT2D eigenvalue weighted by molar-refractivity contribution is -0.143. The highest BCUT2D eigenvalue weighted by molar-refractivity contribution is 7.98. The number of nitrogens with zero attached hydrogens (tertiary/aromatic N) is 1. The number of thioether (sulfide) groups is 1. The number of benzene rings is 1. The first-order chi connectivity index (χ1) is 16.5. The lowest BCUT2D eigenvalue weighted by Crippen LogP contribution is -2.54. The van der Waals surface area contributed by atoms with Gasteiger partial charge >= 0.3 is 6.09 Å². The molecule has 2 N–H and O–H groups in total. The van der Waals surface area contributed by atoms with Crippen molar-refractivity contribution < 1.29 is 19.1 Å². The Hall–Kier alpha value is -2.22. The van der Waals surface area contributed by atoms with Gasteiger partial charge in [-0.25, -0.2) is 4.79 Å². The highest BCUT2D eigenvalue weighted by Gasteiger charge is 2.44. The average molecular weight is 506 g/mol. The quantitative estimate of drug-likeness (QED) is 0.395. The fourth-order valence-corrected chi connectivity index (χ4v) is 4.44. The van der Waals surface area contributed by atoms with E-state index >= 15 is 0 Å². The van der Waals surface area contributed by atoms with Gasteiger partial charge in [0.1, 0.15) is 17.7 Å². The van der Waals surface area contributed by atoms with Gasteiger partial charge in [0.15, 0.2) is 0 Å². The third-order valence-electron chi connectivity index (χ3n) is 6.09. The molecule has 2 atom stereocenters. The molecule has 1 aliphatic carbocycles. The minimum atomic E-state index is -0.769. The van der Waals surface area contributed by atoms with Gasteiger partial charge in [0.25, 0.3) is 0 Å². The Kier molecular flexibility index (Phi) is 10.9. The molecule has 8 heteroatoms. The maximum atomic E-state index is 14.0. The second-order valence-electron chi connectivity index (χ2n) is 10.3. The minimum Gasteiger partial charge on any atom is -0.444 e. The zero-order chi connectivity index (χ0) is 26.2. The largest absolute Gasteiger partial charge is 0.444 e. The van der Waals surface area contributed by atoms with Crippen LogP contribution >= 0.6 is 11.8 Å². The van der Waals surface area contributed by atoms with E-state index in [-0.39, 0.29) is 17.9 Å². The van der Waals surface area contributed by atoms with E-state index in [9.17, 15) is 14.4 Å². The molecule has 0 heterocycles. The van der Waals surface area contributed by atoms with Gasteiger partial charge in [0.05, 0.1) is 0 Å². The average Bonchev–Trinajstić information content (AvgIpc) is 3.60. The predicted octanol–water partition coefficient (Wildman–Crippen LogP) is 4.90. The molecular formula is C27H43N3O4S. The summed E-state index contributed by atoms with van der Waals surface area (Å²) < 4.78 is 5.44. The van der Waals surface area contributed by atoms with E-state index in [1.54, 1.807) is 37.4 Å². The monoisotopic (exact) mass is 505 g/mol. The van der Waals surface area contributed by atoms with E-state index in [2.05, 4.69) is 17.6 Å². The van der Waals surface area contributed by atoms with Crippen LogP contribution in [0.5, 0.6) is 0 Å². The first-order valence-electron chi connectivity index (χ1n) is 12.6. The van der Waals surface area contributed by atoms with E-state index in [4.69, 9.17) is 4.74 Å². The van der Waals surface area contributed by atoms with Crippen LogP contribution in [0, 0.1) is 13.8 Å². The van der Waals surface area contributed by atoms with Crippen molar-refractivity contribution in [1.29, 1.82) is 0 Å². The molecule has 0 spiro atoms. The summed E-state index contributed by atoms with van der Waals surface area (Å²) in [5, 5.41) is 5.85. The van der Waals surface area contributed by atoms with Crippen LogP contribution in [-0.2, 0) is 14.3 Å². The number of hydrogen-bond donors (Lipinski definition) is 2. The second kappa shape index (κ2) is 13.2. The number of carbonyl (C=O) groups is 3. The third kappa shape index (κ3) is 8.74. The van der Waals surface area contributed by atoms with Crippen molar-refractivity contribution in [2.24, 2.45) is 0 Å². The van der Waals surface area contributed by atoms with Gasteiger partial charge in [-0.3, -0.25) is 9.59 Å². The molecule has 2 rings (SSSR count). The molecule has 2 unspecified atom stereocenters. The van der Waals surface area contributed by atoms with Crippen LogP contribution in [0.2, 0.25) is 0 Å². The van der Waals surface area contributed by atoms with Gasteiger partial charge in [-0.05, 0) is 89.0 Å². The predicted molar refractivity (Wildman–Crippen MR) is 143 cm³/mol. The highest BCUT2D eigenvalue weighted by Crippen LogP contribution is 2.37. The fourth-order valence-electron chi connectivity index (χ4n) is 3.97. The maximum Gasteiger partial charge on any atom is 0.408 e. The second-order valence-corrected chi connectivity index (χ2v) is 11.3. The molecule has 1 saturated carbocycles. The summed E-state index contributed by atoms with van der Waals surface area (Å²) in [5.41, 5.74) is 2.23. The Labute approximate surface area is 215 Å². The Morgan fingerprint density at radius 2 is 1.89 bits per heavy atom. The Balaban J connectivity index is 2.44. The number of ether oxygens (including phenoxy) is 1. The van der Waals surface area contributed by atoms with Gasteiger partial charge < -0.3 is 20.3 Å². The number of unbranched alkanes of at least 4 members (excludes halogenated alkanes) is 1. The van der Waals surface area contributed by atoms with Gasteiger partial charge in [0, 0.05) is 12.6 Å². The molecule has 3 amide bonds. The summed E-state index contributed by atoms with van der Waals surface area (Å²) in [7, 11) is 0. The normalized spacial score (nSPS) is 15.2. The molecule has 0 bridgehead atoms. The van der Waals surface area contributed by atoms with E-state index < -0.39 is 23.8 Å². The van der Waals surface area contributed by atoms with Gasteiger partial charge in [-0.15, -0.1) is 0 Å². The summed E-state index contributed by atoms with van der Waals surface area (Å²) >= 11 is 1.61. The van der Waals surface area contributed by atoms with Crippen LogP contribution < -0.4 is 10.6 Å². The van der Waals surface area contributed by atoms with Crippen molar-refractivity contribution >= 4 is 29.7 Å². The number of carbonyl (C=O) groups excluding carboxylic acids is 3. The van der Waals surface area contributed by atoms with Gasteiger partial charge in [-0.2, -0.15) is 11.8 Å². The molecule has 0 saturated heterocycles. The molecule has 1 aliphatic rings. The number of alkyl carbamates (subject to hydrolysis) is 1. The Bertz CT molecular complexity index is 880. The van der Waals surface area contributed by atoms with Crippen LogP contribution in [0.15, 0.2) is 18.2 Å². The molecule has 0 aromatic heterocycles. The Morgan fingerprint density at radius 3 is 2.46 bits per heavy atom. The van der Waals surface area contributed by atoms with Crippen molar-refractivity contribution in [3.63, 3.8) is 0 Å². The molecule has 35 heavy (non-hydrogen) atoms. The molecule has 0 radical (unpaired) electrons. The SMILES string of the molecule is CCCCNC(=O)C(c1cccc(C)c1C)N(C(=O)C(CCSC)NC(=O)OC(C)(C)C)C1CC1. The van der Waals surface area contributed by atoms with E-state index in [1.165, 1.54) is 0 Å². The molecule has 1 fully saturated rings. The summed E-state index contributed by atoms with van der Waals surface area (Å²) in [4.78, 5) is 42.0. The zero-order valence-corrected chi connectivity index (χ0v) is 23.2. The van der Waals surface area contributed by atoms with Crippen LogP contribution in [0.25, 0.3) is 0 Å². The minimum absolute atomic E-state index is 0.0263. The number of aryl methyl sites for hydroxylation is 1. The highest BCUT2D eigenvalue weighted by atomic mass is 32.2. The topological polar surface area (TPSA) is 87.7 Å². The van der Waals surface area contributed by atoms with Crippen LogP contribution in [-0.4, -0.2) is 59.0 Å². The third-order valence-corrected chi connectivity index (χ3v) is 6.74. The molecule has 0 aliphatic heterocycles. The molecule has 7 nitrogen and oxygen atoms in total. The maximum absolute atomic E-state index is 14.0. The summed E-state index contributed by atoms with van der Waals surface area (Å²) in [6.07, 6.45) is 5.33. The van der Waals surface area contributed by atoms with Crippen molar-refractivity contribution in [3.05, 3.63) is 34.9 Å². The molecule has 1 aromatic rings. The number of hydrogen-bond acceptors (Lipinski definition) is 5. The molecule has 196 valence electrons.